The number of aromatic amines is 1. The van der Waals surface area contributed by atoms with Crippen molar-refractivity contribution in [1.29, 1.82) is 0 Å². The summed E-state index contributed by atoms with van der Waals surface area (Å²) in [5, 5.41) is 7.37. The molecule has 4 nitrogen and oxygen atoms in total. The molecule has 3 aromatic rings. The largest absolute Gasteiger partial charge is 0.282 e. The van der Waals surface area contributed by atoms with E-state index in [1.165, 1.54) is 5.56 Å². The molecule has 0 amide bonds. The van der Waals surface area contributed by atoms with E-state index in [-0.39, 0.29) is 10.8 Å². The average Bonchev–Trinajstić information content (AvgIpc) is 2.99. The smallest absolute Gasteiger partial charge is 0.160 e. The molecule has 0 saturated carbocycles. The lowest BCUT2D eigenvalue weighted by atomic mass is 9.86. The van der Waals surface area contributed by atoms with Crippen LogP contribution in [-0.2, 0) is 10.8 Å². The molecule has 1 N–H and O–H groups in total. The number of H-pyrrole nitrogens is 1. The standard InChI is InChI=1S/C22H28N4/c1-14-12-18(26-25-14)17-13-19(22(5,6)7)24-20(23-17)15-8-10-16(11-9-15)21(2,3)4/h8-13H,1-7H3,(H,25,26). The lowest BCUT2D eigenvalue weighted by Crippen LogP contribution is -2.15. The van der Waals surface area contributed by atoms with Gasteiger partial charge in [0.05, 0.1) is 11.4 Å². The summed E-state index contributed by atoms with van der Waals surface area (Å²) in [7, 11) is 0. The van der Waals surface area contributed by atoms with E-state index in [9.17, 15) is 0 Å². The number of hydrogen-bond donors (Lipinski definition) is 1. The molecular weight excluding hydrogens is 320 g/mol. The second-order valence-electron chi connectivity index (χ2n) is 8.98. The van der Waals surface area contributed by atoms with Crippen molar-refractivity contribution in [2.45, 2.75) is 59.3 Å². The van der Waals surface area contributed by atoms with Crippen LogP contribution in [0.3, 0.4) is 0 Å². The van der Waals surface area contributed by atoms with Crippen LogP contribution >= 0.6 is 0 Å². The first kappa shape index (κ1) is 18.3. The summed E-state index contributed by atoms with van der Waals surface area (Å²) in [6, 6.07) is 12.6. The molecule has 0 fully saturated rings. The molecule has 4 heteroatoms. The van der Waals surface area contributed by atoms with Crippen molar-refractivity contribution in [3.05, 3.63) is 53.3 Å². The molecule has 0 saturated heterocycles. The summed E-state index contributed by atoms with van der Waals surface area (Å²) in [6.45, 7) is 15.2. The molecule has 0 atom stereocenters. The van der Waals surface area contributed by atoms with Gasteiger partial charge >= 0.3 is 0 Å². The third-order valence-corrected chi connectivity index (χ3v) is 4.47. The Labute approximate surface area is 156 Å². The Bertz CT molecular complexity index is 907. The van der Waals surface area contributed by atoms with Gasteiger partial charge in [0.2, 0.25) is 0 Å². The quantitative estimate of drug-likeness (QED) is 0.671. The van der Waals surface area contributed by atoms with Gasteiger partial charge in [-0.1, -0.05) is 65.8 Å². The summed E-state index contributed by atoms with van der Waals surface area (Å²) in [5.74, 6) is 0.744. The zero-order valence-corrected chi connectivity index (χ0v) is 16.8. The second-order valence-corrected chi connectivity index (χ2v) is 8.98. The number of hydrogen-bond acceptors (Lipinski definition) is 3. The van der Waals surface area contributed by atoms with Gasteiger partial charge in [-0.2, -0.15) is 5.10 Å². The van der Waals surface area contributed by atoms with Crippen molar-refractivity contribution in [1.82, 2.24) is 20.2 Å². The van der Waals surface area contributed by atoms with E-state index >= 15 is 0 Å². The minimum atomic E-state index is -0.0663. The Morgan fingerprint density at radius 1 is 0.769 bits per heavy atom. The van der Waals surface area contributed by atoms with Crippen LogP contribution in [0.25, 0.3) is 22.8 Å². The van der Waals surface area contributed by atoms with Crippen LogP contribution in [0, 0.1) is 6.92 Å². The first-order chi connectivity index (χ1) is 12.0. The first-order valence-corrected chi connectivity index (χ1v) is 9.07. The molecule has 0 bridgehead atoms. The topological polar surface area (TPSA) is 54.5 Å². The summed E-state index contributed by atoms with van der Waals surface area (Å²) in [5.41, 5.74) is 6.12. The number of nitrogens with one attached hydrogen (secondary N) is 1. The van der Waals surface area contributed by atoms with E-state index in [0.29, 0.717) is 0 Å². The molecule has 0 aliphatic carbocycles. The summed E-state index contributed by atoms with van der Waals surface area (Å²) in [4.78, 5) is 9.65. The van der Waals surface area contributed by atoms with Crippen LogP contribution in [0.5, 0.6) is 0 Å². The number of benzene rings is 1. The van der Waals surface area contributed by atoms with Crippen molar-refractivity contribution in [3.63, 3.8) is 0 Å². The minimum absolute atomic E-state index is 0.0663. The molecule has 2 heterocycles. The van der Waals surface area contributed by atoms with Crippen LogP contribution in [0.1, 0.15) is 58.5 Å². The molecular formula is C22H28N4. The highest BCUT2D eigenvalue weighted by Gasteiger charge is 2.20. The molecule has 2 aromatic heterocycles. The maximum Gasteiger partial charge on any atom is 0.160 e. The van der Waals surface area contributed by atoms with Crippen molar-refractivity contribution in [3.8, 4) is 22.8 Å². The fourth-order valence-corrected chi connectivity index (χ4v) is 2.76. The van der Waals surface area contributed by atoms with Gasteiger partial charge in [-0.3, -0.25) is 5.10 Å². The highest BCUT2D eigenvalue weighted by molar-refractivity contribution is 5.62. The van der Waals surface area contributed by atoms with E-state index in [1.54, 1.807) is 0 Å². The van der Waals surface area contributed by atoms with Crippen molar-refractivity contribution in [2.24, 2.45) is 0 Å². The Hall–Kier alpha value is -2.49. The van der Waals surface area contributed by atoms with Gasteiger partial charge in [-0.15, -0.1) is 0 Å². The van der Waals surface area contributed by atoms with Gasteiger partial charge < -0.3 is 0 Å². The Kier molecular flexibility index (Phi) is 4.47. The van der Waals surface area contributed by atoms with Crippen LogP contribution in [0.4, 0.5) is 0 Å². The fraction of sp³-hybridized carbons (Fsp3) is 0.409. The molecule has 0 spiro atoms. The zero-order chi connectivity index (χ0) is 19.1. The first-order valence-electron chi connectivity index (χ1n) is 9.07. The van der Waals surface area contributed by atoms with Gasteiger partial charge in [0.1, 0.15) is 5.69 Å². The predicted molar refractivity (Wildman–Crippen MR) is 107 cm³/mol. The third kappa shape index (κ3) is 3.85. The Balaban J connectivity index is 2.11. The number of aromatic nitrogens is 4. The fourth-order valence-electron chi connectivity index (χ4n) is 2.76. The van der Waals surface area contributed by atoms with E-state index in [1.807, 2.05) is 19.1 Å². The van der Waals surface area contributed by atoms with Gasteiger partial charge in [0, 0.05) is 16.7 Å². The molecule has 1 aromatic carbocycles. The SMILES string of the molecule is Cc1cc(-c2cc(C(C)(C)C)nc(-c3ccc(C(C)(C)C)cc3)n2)n[nH]1. The predicted octanol–water partition coefficient (Wildman–Crippen LogP) is 5.44. The van der Waals surface area contributed by atoms with E-state index in [0.717, 1.165) is 34.2 Å². The monoisotopic (exact) mass is 348 g/mol. The highest BCUT2D eigenvalue weighted by atomic mass is 15.1. The number of rotatable bonds is 2. The van der Waals surface area contributed by atoms with Crippen molar-refractivity contribution in [2.75, 3.05) is 0 Å². The van der Waals surface area contributed by atoms with Gasteiger partial charge in [0.25, 0.3) is 0 Å². The minimum Gasteiger partial charge on any atom is -0.282 e. The molecule has 0 aliphatic heterocycles. The van der Waals surface area contributed by atoms with Crippen molar-refractivity contribution < 1.29 is 0 Å². The van der Waals surface area contributed by atoms with Crippen molar-refractivity contribution >= 4 is 0 Å². The molecule has 0 unspecified atom stereocenters. The lowest BCUT2D eigenvalue weighted by molar-refractivity contribution is 0.568. The van der Waals surface area contributed by atoms with Gasteiger partial charge in [-0.25, -0.2) is 9.97 Å². The molecule has 136 valence electrons. The third-order valence-electron chi connectivity index (χ3n) is 4.47. The van der Waals surface area contributed by atoms with Gasteiger partial charge in [-0.05, 0) is 30.0 Å². The van der Waals surface area contributed by atoms with Crippen LogP contribution in [0.15, 0.2) is 36.4 Å². The number of aryl methyl sites for hydroxylation is 1. The molecule has 26 heavy (non-hydrogen) atoms. The van der Waals surface area contributed by atoms with Crippen LogP contribution < -0.4 is 0 Å². The van der Waals surface area contributed by atoms with Crippen LogP contribution in [0.2, 0.25) is 0 Å². The summed E-state index contributed by atoms with van der Waals surface area (Å²) in [6.07, 6.45) is 0. The molecule has 0 radical (unpaired) electrons. The molecule has 0 aliphatic rings. The summed E-state index contributed by atoms with van der Waals surface area (Å²) < 4.78 is 0. The van der Waals surface area contributed by atoms with E-state index < -0.39 is 0 Å². The highest BCUT2D eigenvalue weighted by Crippen LogP contribution is 2.29. The van der Waals surface area contributed by atoms with Gasteiger partial charge in [0.15, 0.2) is 5.82 Å². The Morgan fingerprint density at radius 3 is 1.92 bits per heavy atom. The maximum absolute atomic E-state index is 4.85. The molecule has 3 rings (SSSR count). The average molecular weight is 348 g/mol. The lowest BCUT2D eigenvalue weighted by Gasteiger charge is -2.20. The second kappa shape index (κ2) is 6.35. The summed E-state index contributed by atoms with van der Waals surface area (Å²) >= 11 is 0. The van der Waals surface area contributed by atoms with E-state index in [2.05, 4.69) is 76.0 Å². The zero-order valence-electron chi connectivity index (χ0n) is 16.8. The van der Waals surface area contributed by atoms with Crippen LogP contribution in [-0.4, -0.2) is 20.2 Å². The normalized spacial score (nSPS) is 12.4. The Morgan fingerprint density at radius 2 is 1.42 bits per heavy atom. The van der Waals surface area contributed by atoms with E-state index in [4.69, 9.17) is 9.97 Å². The number of nitrogens with zero attached hydrogens (tertiary/aromatic N) is 3. The maximum atomic E-state index is 4.85.